The Balaban J connectivity index is 1.94. The predicted octanol–water partition coefficient (Wildman–Crippen LogP) is 1.45. The van der Waals surface area contributed by atoms with E-state index in [-0.39, 0.29) is 11.8 Å². The third-order valence-corrected chi connectivity index (χ3v) is 3.89. The van der Waals surface area contributed by atoms with Gasteiger partial charge in [-0.25, -0.2) is 0 Å². The van der Waals surface area contributed by atoms with E-state index in [1.54, 1.807) is 0 Å². The number of aromatic nitrogens is 1. The van der Waals surface area contributed by atoms with Crippen molar-refractivity contribution in [3.63, 3.8) is 0 Å². The molecule has 110 valence electrons. The molecule has 0 radical (unpaired) electrons. The lowest BCUT2D eigenvalue weighted by Gasteiger charge is -2.16. The van der Waals surface area contributed by atoms with Gasteiger partial charge in [-0.15, -0.1) is 0 Å². The van der Waals surface area contributed by atoms with Crippen LogP contribution in [0.25, 0.3) is 10.9 Å². The van der Waals surface area contributed by atoms with Gasteiger partial charge in [-0.3, -0.25) is 9.59 Å². The summed E-state index contributed by atoms with van der Waals surface area (Å²) in [7, 11) is 0. The minimum absolute atomic E-state index is 0.00577. The molecule has 1 aliphatic rings. The van der Waals surface area contributed by atoms with E-state index in [9.17, 15) is 9.59 Å². The molecule has 0 atom stereocenters. The molecule has 0 fully saturated rings. The largest absolute Gasteiger partial charge is 0.356 e. The molecule has 21 heavy (non-hydrogen) atoms. The van der Waals surface area contributed by atoms with Crippen molar-refractivity contribution in [2.75, 3.05) is 13.1 Å². The number of hydrogen-bond donors (Lipinski definition) is 2. The van der Waals surface area contributed by atoms with Crippen LogP contribution in [0.15, 0.2) is 24.3 Å². The molecule has 0 unspecified atom stereocenters. The van der Waals surface area contributed by atoms with E-state index in [0.717, 1.165) is 41.5 Å². The number of rotatable bonds is 4. The third kappa shape index (κ3) is 2.51. The summed E-state index contributed by atoms with van der Waals surface area (Å²) >= 11 is 0. The number of amides is 2. The fraction of sp³-hybridized carbons (Fsp3) is 0.375. The zero-order valence-electron chi connectivity index (χ0n) is 12.1. The van der Waals surface area contributed by atoms with Crippen molar-refractivity contribution >= 4 is 22.7 Å². The lowest BCUT2D eigenvalue weighted by molar-refractivity contribution is -0.118. The number of carbonyl (C=O) groups excluding carboxylic acids is 2. The average Bonchev–Trinajstić information content (AvgIpc) is 2.79. The van der Waals surface area contributed by atoms with Crippen LogP contribution in [0, 0.1) is 0 Å². The van der Waals surface area contributed by atoms with E-state index in [1.807, 2.05) is 18.2 Å². The average molecular weight is 285 g/mol. The number of nitrogens with zero attached hydrogens (tertiary/aromatic N) is 1. The molecule has 2 aromatic rings. The number of aryl methyl sites for hydroxylation is 1. The van der Waals surface area contributed by atoms with Crippen LogP contribution in [0.2, 0.25) is 0 Å². The maximum atomic E-state index is 12.2. The van der Waals surface area contributed by atoms with Crippen molar-refractivity contribution in [1.82, 2.24) is 15.2 Å². The predicted molar refractivity (Wildman–Crippen MR) is 81.3 cm³/mol. The Labute approximate surface area is 123 Å². The lowest BCUT2D eigenvalue weighted by Crippen LogP contribution is -2.32. The number of carbonyl (C=O) groups is 2. The molecular formula is C16H19N3O2. The molecule has 1 aromatic heterocycles. The second-order valence-electron chi connectivity index (χ2n) is 5.33. The molecule has 2 heterocycles. The fourth-order valence-corrected chi connectivity index (χ4v) is 3.01. The number of hydrogen-bond acceptors (Lipinski definition) is 2. The number of benzene rings is 1. The van der Waals surface area contributed by atoms with Crippen LogP contribution in [-0.2, 0) is 17.8 Å². The number of nitrogens with one attached hydrogen (secondary N) is 2. The summed E-state index contributed by atoms with van der Waals surface area (Å²) in [6.45, 7) is 3.68. The Hall–Kier alpha value is -2.30. The highest BCUT2D eigenvalue weighted by molar-refractivity contribution is 6.09. The molecule has 5 nitrogen and oxygen atoms in total. The van der Waals surface area contributed by atoms with E-state index in [2.05, 4.69) is 21.3 Å². The Morgan fingerprint density at radius 1 is 1.38 bits per heavy atom. The van der Waals surface area contributed by atoms with Crippen molar-refractivity contribution < 1.29 is 9.59 Å². The Kier molecular flexibility index (Phi) is 3.64. The van der Waals surface area contributed by atoms with Gasteiger partial charge in [0.2, 0.25) is 5.91 Å². The zero-order chi connectivity index (χ0) is 14.8. The number of para-hydroxylation sites is 1. The summed E-state index contributed by atoms with van der Waals surface area (Å²) < 4.78 is 2.23. The van der Waals surface area contributed by atoms with Gasteiger partial charge in [0, 0.05) is 49.6 Å². The maximum absolute atomic E-state index is 12.2. The van der Waals surface area contributed by atoms with E-state index >= 15 is 0 Å². The van der Waals surface area contributed by atoms with Gasteiger partial charge >= 0.3 is 0 Å². The van der Waals surface area contributed by atoms with E-state index in [4.69, 9.17) is 0 Å². The summed E-state index contributed by atoms with van der Waals surface area (Å²) in [6, 6.07) is 8.02. The highest BCUT2D eigenvalue weighted by Crippen LogP contribution is 2.28. The van der Waals surface area contributed by atoms with Gasteiger partial charge in [0.05, 0.1) is 5.56 Å². The first-order valence-electron chi connectivity index (χ1n) is 7.31. The minimum Gasteiger partial charge on any atom is -0.356 e. The summed E-state index contributed by atoms with van der Waals surface area (Å²) in [5.74, 6) is 0.0156. The Morgan fingerprint density at radius 3 is 3.00 bits per heavy atom. The highest BCUT2D eigenvalue weighted by Gasteiger charge is 2.24. The smallest absolute Gasteiger partial charge is 0.253 e. The topological polar surface area (TPSA) is 63.1 Å². The Morgan fingerprint density at radius 2 is 2.19 bits per heavy atom. The van der Waals surface area contributed by atoms with Gasteiger partial charge in [-0.05, 0) is 12.5 Å². The molecule has 0 spiro atoms. The van der Waals surface area contributed by atoms with Crippen molar-refractivity contribution in [3.8, 4) is 0 Å². The molecule has 1 aromatic carbocycles. The fourth-order valence-electron chi connectivity index (χ4n) is 3.01. The normalized spacial score (nSPS) is 13.9. The molecule has 1 aliphatic heterocycles. The van der Waals surface area contributed by atoms with Gasteiger partial charge in [-0.2, -0.15) is 0 Å². The second-order valence-corrected chi connectivity index (χ2v) is 5.33. The summed E-state index contributed by atoms with van der Waals surface area (Å²) in [5.41, 5.74) is 3.03. The van der Waals surface area contributed by atoms with Crippen LogP contribution in [0.3, 0.4) is 0 Å². The van der Waals surface area contributed by atoms with E-state index < -0.39 is 0 Å². The van der Waals surface area contributed by atoms with Crippen molar-refractivity contribution in [3.05, 3.63) is 35.5 Å². The second kappa shape index (κ2) is 5.60. The van der Waals surface area contributed by atoms with Gasteiger partial charge in [0.1, 0.15) is 0 Å². The zero-order valence-corrected chi connectivity index (χ0v) is 12.1. The van der Waals surface area contributed by atoms with Crippen LogP contribution in [0.5, 0.6) is 0 Å². The summed E-state index contributed by atoms with van der Waals surface area (Å²) in [6.07, 6.45) is 1.71. The first-order valence-corrected chi connectivity index (χ1v) is 7.31. The Bertz CT molecular complexity index is 703. The summed E-state index contributed by atoms with van der Waals surface area (Å²) in [5, 5.41) is 6.75. The van der Waals surface area contributed by atoms with Crippen LogP contribution < -0.4 is 10.6 Å². The molecule has 2 N–H and O–H groups in total. The molecule has 5 heteroatoms. The van der Waals surface area contributed by atoms with E-state index in [1.165, 1.54) is 6.92 Å². The van der Waals surface area contributed by atoms with Gasteiger partial charge in [-0.1, -0.05) is 18.2 Å². The van der Waals surface area contributed by atoms with Crippen LogP contribution in [-0.4, -0.2) is 29.5 Å². The highest BCUT2D eigenvalue weighted by atomic mass is 16.2. The van der Waals surface area contributed by atoms with Gasteiger partial charge < -0.3 is 15.2 Å². The van der Waals surface area contributed by atoms with Crippen molar-refractivity contribution in [1.29, 1.82) is 0 Å². The van der Waals surface area contributed by atoms with Gasteiger partial charge in [0.15, 0.2) is 0 Å². The van der Waals surface area contributed by atoms with Crippen LogP contribution in [0.1, 0.15) is 29.4 Å². The van der Waals surface area contributed by atoms with Crippen LogP contribution in [0.4, 0.5) is 0 Å². The monoisotopic (exact) mass is 285 g/mol. The van der Waals surface area contributed by atoms with Crippen molar-refractivity contribution in [2.45, 2.75) is 26.3 Å². The van der Waals surface area contributed by atoms with E-state index in [0.29, 0.717) is 13.1 Å². The lowest BCUT2D eigenvalue weighted by atomic mass is 10.1. The first-order chi connectivity index (χ1) is 10.2. The quantitative estimate of drug-likeness (QED) is 0.835. The van der Waals surface area contributed by atoms with Crippen LogP contribution >= 0.6 is 0 Å². The SMILES string of the molecule is CC(=O)NCCCn1c2c(c3ccccc31)C(=O)NCC2. The maximum Gasteiger partial charge on any atom is 0.253 e. The molecular weight excluding hydrogens is 266 g/mol. The third-order valence-electron chi connectivity index (χ3n) is 3.89. The number of fused-ring (bicyclic) bond motifs is 3. The molecule has 0 aliphatic carbocycles. The summed E-state index contributed by atoms with van der Waals surface area (Å²) in [4.78, 5) is 23.1. The first kappa shape index (κ1) is 13.7. The minimum atomic E-state index is -0.00577. The van der Waals surface area contributed by atoms with Crippen molar-refractivity contribution in [2.24, 2.45) is 0 Å². The molecule has 0 saturated carbocycles. The molecule has 3 rings (SSSR count). The molecule has 0 saturated heterocycles. The molecule has 0 bridgehead atoms. The standard InChI is InChI=1S/C16H19N3O2/c1-11(20)17-8-4-10-19-13-6-3-2-5-12(13)15-14(19)7-9-18-16(15)21/h2-3,5-6H,4,7-10H2,1H3,(H,17,20)(H,18,21). The molecule has 2 amide bonds. The van der Waals surface area contributed by atoms with Gasteiger partial charge in [0.25, 0.3) is 5.91 Å².